The first kappa shape index (κ1) is 22.0. The van der Waals surface area contributed by atoms with Gasteiger partial charge in [-0.3, -0.25) is 10.1 Å². The Bertz CT molecular complexity index is 1100. The molecule has 0 aliphatic rings. The molecule has 0 bridgehead atoms. The minimum Gasteiger partial charge on any atom is -0.494 e. The fourth-order valence-corrected chi connectivity index (χ4v) is 3.28. The number of benzene rings is 2. The number of ether oxygens (including phenoxy) is 2. The number of carbonyl (C=O) groups is 2. The van der Waals surface area contributed by atoms with Gasteiger partial charge in [0, 0.05) is 10.6 Å². The van der Waals surface area contributed by atoms with Crippen molar-refractivity contribution in [1.29, 1.82) is 0 Å². The van der Waals surface area contributed by atoms with Crippen molar-refractivity contribution in [3.8, 4) is 17.0 Å². The second-order valence-corrected chi connectivity index (χ2v) is 7.11. The van der Waals surface area contributed by atoms with Crippen LogP contribution in [0.25, 0.3) is 11.3 Å². The number of hydrogen-bond acceptors (Lipinski definition) is 6. The maximum absolute atomic E-state index is 12.9. The number of nitrogens with zero attached hydrogens (tertiary/aromatic N) is 1. The molecule has 30 heavy (non-hydrogen) atoms. The van der Waals surface area contributed by atoms with Crippen molar-refractivity contribution in [2.75, 3.05) is 19.0 Å². The van der Waals surface area contributed by atoms with Crippen LogP contribution in [0.1, 0.15) is 27.6 Å². The van der Waals surface area contributed by atoms with Gasteiger partial charge in [-0.15, -0.1) is 0 Å². The van der Waals surface area contributed by atoms with Crippen LogP contribution >= 0.6 is 34.8 Å². The number of hydrogen-bond donors (Lipinski definition) is 1. The lowest BCUT2D eigenvalue weighted by atomic mass is 10.1. The molecular formula is C20H15Cl3N2O5. The van der Waals surface area contributed by atoms with E-state index in [9.17, 15) is 9.59 Å². The molecule has 0 saturated heterocycles. The second kappa shape index (κ2) is 9.38. The van der Waals surface area contributed by atoms with Crippen molar-refractivity contribution >= 4 is 52.6 Å². The number of carbonyl (C=O) groups excluding carboxylic acids is 2. The van der Waals surface area contributed by atoms with E-state index in [2.05, 4.69) is 10.5 Å². The summed E-state index contributed by atoms with van der Waals surface area (Å²) in [5.41, 5.74) is 0.658. The topological polar surface area (TPSA) is 90.7 Å². The molecule has 0 spiro atoms. The zero-order chi connectivity index (χ0) is 21.8. The molecule has 1 amide bonds. The first-order chi connectivity index (χ1) is 14.4. The Kier molecular flexibility index (Phi) is 6.87. The Labute approximate surface area is 186 Å². The van der Waals surface area contributed by atoms with Crippen LogP contribution in [-0.2, 0) is 4.74 Å². The quantitative estimate of drug-likeness (QED) is 0.463. The highest BCUT2D eigenvalue weighted by Crippen LogP contribution is 2.36. The third-order valence-corrected chi connectivity index (χ3v) is 4.87. The molecule has 156 valence electrons. The van der Waals surface area contributed by atoms with E-state index in [1.165, 1.54) is 19.2 Å². The number of aromatic nitrogens is 1. The molecule has 0 radical (unpaired) electrons. The number of esters is 1. The largest absolute Gasteiger partial charge is 0.494 e. The van der Waals surface area contributed by atoms with Crippen LogP contribution in [0.3, 0.4) is 0 Å². The lowest BCUT2D eigenvalue weighted by molar-refractivity contribution is 0.0528. The predicted molar refractivity (Wildman–Crippen MR) is 114 cm³/mol. The Balaban J connectivity index is 2.05. The maximum Gasteiger partial charge on any atom is 0.346 e. The number of anilines is 1. The molecule has 3 rings (SSSR count). The van der Waals surface area contributed by atoms with Crippen molar-refractivity contribution in [3.05, 3.63) is 62.6 Å². The summed E-state index contributed by atoms with van der Waals surface area (Å²) in [5.74, 6) is -1.55. The van der Waals surface area contributed by atoms with E-state index in [0.717, 1.165) is 0 Å². The fourth-order valence-electron chi connectivity index (χ4n) is 2.68. The summed E-state index contributed by atoms with van der Waals surface area (Å²) in [5, 5.41) is 7.22. The zero-order valence-corrected chi connectivity index (χ0v) is 18.1. The van der Waals surface area contributed by atoms with E-state index in [4.69, 9.17) is 48.8 Å². The van der Waals surface area contributed by atoms with E-state index in [1.807, 2.05) is 0 Å². The van der Waals surface area contributed by atoms with Crippen LogP contribution in [0.2, 0.25) is 15.1 Å². The van der Waals surface area contributed by atoms with Crippen LogP contribution in [0.4, 0.5) is 5.88 Å². The molecule has 1 N–H and O–H groups in total. The SMILES string of the molecule is CCOC(=O)c1c(-c2ccc(Cl)cc2)noc1NC(=O)c1c(Cl)ccc(Cl)c1OC. The molecule has 1 aromatic heterocycles. The molecule has 3 aromatic rings. The van der Waals surface area contributed by atoms with Crippen molar-refractivity contribution in [1.82, 2.24) is 5.16 Å². The van der Waals surface area contributed by atoms with E-state index in [0.29, 0.717) is 10.6 Å². The molecule has 0 unspecified atom stereocenters. The first-order valence-electron chi connectivity index (χ1n) is 8.63. The molecule has 1 heterocycles. The first-order valence-corrected chi connectivity index (χ1v) is 9.76. The minimum atomic E-state index is -0.719. The van der Waals surface area contributed by atoms with Crippen LogP contribution in [0.5, 0.6) is 5.75 Å². The lowest BCUT2D eigenvalue weighted by Gasteiger charge is -2.11. The molecule has 10 heteroatoms. The van der Waals surface area contributed by atoms with Gasteiger partial charge in [0.25, 0.3) is 5.91 Å². The van der Waals surface area contributed by atoms with Crippen molar-refractivity contribution in [3.63, 3.8) is 0 Å². The standard InChI is InChI=1S/C20H15Cl3N2O5/c1-3-29-20(27)15-16(10-4-6-11(21)7-5-10)25-30-19(15)24-18(26)14-12(22)8-9-13(23)17(14)28-2/h4-9H,3H2,1-2H3,(H,24,26). The van der Waals surface area contributed by atoms with Gasteiger partial charge < -0.3 is 14.0 Å². The summed E-state index contributed by atoms with van der Waals surface area (Å²) < 4.78 is 15.5. The number of methoxy groups -OCH3 is 1. The van der Waals surface area contributed by atoms with Gasteiger partial charge in [-0.2, -0.15) is 0 Å². The Morgan fingerprint density at radius 1 is 1.03 bits per heavy atom. The smallest absolute Gasteiger partial charge is 0.346 e. The van der Waals surface area contributed by atoms with Crippen LogP contribution < -0.4 is 10.1 Å². The Morgan fingerprint density at radius 3 is 2.33 bits per heavy atom. The number of amides is 1. The highest BCUT2D eigenvalue weighted by atomic mass is 35.5. The lowest BCUT2D eigenvalue weighted by Crippen LogP contribution is -2.16. The third kappa shape index (κ3) is 4.38. The number of rotatable bonds is 6. The van der Waals surface area contributed by atoms with Gasteiger partial charge >= 0.3 is 5.97 Å². The summed E-state index contributed by atoms with van der Waals surface area (Å²) >= 11 is 18.2. The minimum absolute atomic E-state index is 0.0223. The van der Waals surface area contributed by atoms with Gasteiger partial charge in [0.2, 0.25) is 5.88 Å². The number of halogens is 3. The summed E-state index contributed by atoms with van der Waals surface area (Å²) in [6.07, 6.45) is 0. The van der Waals surface area contributed by atoms with E-state index in [1.54, 1.807) is 31.2 Å². The molecule has 0 fully saturated rings. The highest BCUT2D eigenvalue weighted by molar-refractivity contribution is 6.37. The van der Waals surface area contributed by atoms with Gasteiger partial charge in [-0.1, -0.05) is 52.1 Å². The van der Waals surface area contributed by atoms with Crippen molar-refractivity contribution in [2.45, 2.75) is 6.92 Å². The summed E-state index contributed by atoms with van der Waals surface area (Å²) in [6, 6.07) is 9.53. The van der Waals surface area contributed by atoms with Crippen LogP contribution in [0, 0.1) is 0 Å². The molecule has 0 aliphatic heterocycles. The molecular weight excluding hydrogens is 455 g/mol. The summed E-state index contributed by atoms with van der Waals surface area (Å²) in [6.45, 7) is 1.77. The monoisotopic (exact) mass is 468 g/mol. The van der Waals surface area contributed by atoms with Crippen LogP contribution in [-0.4, -0.2) is 30.7 Å². The average Bonchev–Trinajstić information content (AvgIpc) is 3.13. The summed E-state index contributed by atoms with van der Waals surface area (Å²) in [7, 11) is 1.35. The van der Waals surface area contributed by atoms with Crippen molar-refractivity contribution < 1.29 is 23.6 Å². The number of nitrogens with one attached hydrogen (secondary N) is 1. The van der Waals surface area contributed by atoms with Crippen LogP contribution in [0.15, 0.2) is 40.9 Å². The second-order valence-electron chi connectivity index (χ2n) is 5.85. The molecule has 2 aromatic carbocycles. The van der Waals surface area contributed by atoms with Gasteiger partial charge in [-0.05, 0) is 31.2 Å². The van der Waals surface area contributed by atoms with Crippen molar-refractivity contribution in [2.24, 2.45) is 0 Å². The normalized spacial score (nSPS) is 10.6. The van der Waals surface area contributed by atoms with E-state index >= 15 is 0 Å². The molecule has 0 saturated carbocycles. The van der Waals surface area contributed by atoms with Gasteiger partial charge in [-0.25, -0.2) is 4.79 Å². The van der Waals surface area contributed by atoms with E-state index in [-0.39, 0.29) is 45.1 Å². The predicted octanol–water partition coefficient (Wildman–Crippen LogP) is 5.74. The maximum atomic E-state index is 12.9. The average molecular weight is 470 g/mol. The molecule has 0 atom stereocenters. The highest BCUT2D eigenvalue weighted by Gasteiger charge is 2.28. The zero-order valence-electron chi connectivity index (χ0n) is 15.8. The van der Waals surface area contributed by atoms with Gasteiger partial charge in [0.05, 0.1) is 23.8 Å². The molecule has 0 aliphatic carbocycles. The van der Waals surface area contributed by atoms with Gasteiger partial charge in [0.15, 0.2) is 11.3 Å². The third-order valence-electron chi connectivity index (χ3n) is 4.01. The Morgan fingerprint density at radius 2 is 1.70 bits per heavy atom. The molecule has 7 nitrogen and oxygen atoms in total. The van der Waals surface area contributed by atoms with Gasteiger partial charge in [0.1, 0.15) is 11.3 Å². The van der Waals surface area contributed by atoms with E-state index < -0.39 is 11.9 Å². The Hall–Kier alpha value is -2.74. The fraction of sp³-hybridized carbons (Fsp3) is 0.150. The summed E-state index contributed by atoms with van der Waals surface area (Å²) in [4.78, 5) is 25.5.